The molecule has 1 amide bonds. The van der Waals surface area contributed by atoms with Crippen LogP contribution in [-0.4, -0.2) is 17.3 Å². The van der Waals surface area contributed by atoms with Crippen molar-refractivity contribution in [1.29, 1.82) is 0 Å². The highest BCUT2D eigenvalue weighted by Crippen LogP contribution is 2.41. The summed E-state index contributed by atoms with van der Waals surface area (Å²) in [5.41, 5.74) is 0.490. The Hall–Kier alpha value is -2.24. The molecule has 0 radical (unpaired) electrons. The zero-order valence-electron chi connectivity index (χ0n) is 18.7. The molecule has 3 aromatic carbocycles. The summed E-state index contributed by atoms with van der Waals surface area (Å²) in [4.78, 5) is 14.4. The fourth-order valence-electron chi connectivity index (χ4n) is 3.41. The molecule has 0 aromatic heterocycles. The van der Waals surface area contributed by atoms with Crippen LogP contribution in [0.1, 0.15) is 16.7 Å². The summed E-state index contributed by atoms with van der Waals surface area (Å²) in [5, 5.41) is 0.970. The van der Waals surface area contributed by atoms with Gasteiger partial charge in [0, 0.05) is 15.6 Å². The minimum absolute atomic E-state index is 0.0455. The normalized spacial score (nSPS) is 15.0. The van der Waals surface area contributed by atoms with Crippen molar-refractivity contribution in [2.45, 2.75) is 12.8 Å². The summed E-state index contributed by atoms with van der Waals surface area (Å²) >= 11 is 21.9. The maximum Gasteiger partial charge on any atom is 0.416 e. The molecular formula is C25H15BrCl2F3NO3S2. The van der Waals surface area contributed by atoms with Crippen LogP contribution in [-0.2, 0) is 17.6 Å². The second-order valence-corrected chi connectivity index (χ2v) is 11.0. The van der Waals surface area contributed by atoms with Crippen molar-refractivity contribution in [1.82, 2.24) is 0 Å². The van der Waals surface area contributed by atoms with Crippen LogP contribution in [0.5, 0.6) is 11.5 Å². The number of anilines is 1. The molecule has 1 saturated heterocycles. The minimum atomic E-state index is -4.54. The Morgan fingerprint density at radius 1 is 1.14 bits per heavy atom. The Labute approximate surface area is 238 Å². The largest absolute Gasteiger partial charge is 0.493 e. The topological polar surface area (TPSA) is 38.8 Å². The third-order valence-electron chi connectivity index (χ3n) is 5.16. The number of alkyl halides is 3. The molecule has 1 aliphatic rings. The Bertz CT molecular complexity index is 1430. The number of amides is 1. The summed E-state index contributed by atoms with van der Waals surface area (Å²) in [6, 6.07) is 12.9. The molecule has 0 unspecified atom stereocenters. The summed E-state index contributed by atoms with van der Waals surface area (Å²) in [6.45, 7) is 0.153. The molecule has 0 spiro atoms. The van der Waals surface area contributed by atoms with Crippen LogP contribution in [0.15, 0.2) is 64.0 Å². The molecule has 192 valence electrons. The molecule has 1 heterocycles. The smallest absolute Gasteiger partial charge is 0.416 e. The molecule has 0 aliphatic carbocycles. The number of ether oxygens (including phenoxy) is 2. The van der Waals surface area contributed by atoms with E-state index in [1.807, 2.05) is 0 Å². The van der Waals surface area contributed by atoms with E-state index in [1.165, 1.54) is 19.2 Å². The Morgan fingerprint density at radius 3 is 2.57 bits per heavy atom. The number of halogens is 6. The number of hydrogen-bond acceptors (Lipinski definition) is 5. The van der Waals surface area contributed by atoms with E-state index in [0.717, 1.165) is 34.4 Å². The average molecular weight is 649 g/mol. The van der Waals surface area contributed by atoms with Gasteiger partial charge in [0.1, 0.15) is 6.61 Å². The van der Waals surface area contributed by atoms with E-state index in [1.54, 1.807) is 36.4 Å². The third kappa shape index (κ3) is 6.26. The molecule has 3 aromatic rings. The highest BCUT2D eigenvalue weighted by atomic mass is 79.9. The first-order valence-electron chi connectivity index (χ1n) is 10.4. The molecule has 1 aliphatic heterocycles. The molecular weight excluding hydrogens is 634 g/mol. The molecule has 1 fully saturated rings. The maximum atomic E-state index is 13.2. The van der Waals surface area contributed by atoms with Crippen molar-refractivity contribution in [2.75, 3.05) is 12.0 Å². The number of thiocarbonyl (C=S) groups is 1. The number of nitrogens with zero attached hydrogens (tertiary/aromatic N) is 1. The lowest BCUT2D eigenvalue weighted by atomic mass is 10.1. The van der Waals surface area contributed by atoms with Gasteiger partial charge in [-0.15, -0.1) is 0 Å². The van der Waals surface area contributed by atoms with Crippen LogP contribution in [0.2, 0.25) is 10.0 Å². The van der Waals surface area contributed by atoms with Crippen molar-refractivity contribution >= 4 is 85.1 Å². The van der Waals surface area contributed by atoms with Crippen molar-refractivity contribution in [3.8, 4) is 11.5 Å². The number of carbonyl (C=O) groups is 1. The molecule has 0 saturated carbocycles. The minimum Gasteiger partial charge on any atom is -0.493 e. The van der Waals surface area contributed by atoms with Crippen molar-refractivity contribution in [3.05, 3.63) is 90.7 Å². The highest BCUT2D eigenvalue weighted by Gasteiger charge is 2.36. The number of benzene rings is 3. The first kappa shape index (κ1) is 27.8. The van der Waals surface area contributed by atoms with Gasteiger partial charge in [0.2, 0.25) is 0 Å². The number of hydrogen-bond donors (Lipinski definition) is 0. The Kier molecular flexibility index (Phi) is 8.45. The van der Waals surface area contributed by atoms with E-state index in [9.17, 15) is 18.0 Å². The first-order chi connectivity index (χ1) is 17.5. The van der Waals surface area contributed by atoms with Gasteiger partial charge in [-0.2, -0.15) is 13.2 Å². The second-order valence-electron chi connectivity index (χ2n) is 7.62. The standard InChI is InChI=1S/C25H15BrCl2F3NO3S2/c1-34-20-8-13(7-18(26)22(20)35-12-14-5-6-16(27)11-19(14)28)9-21-23(33)32(24(36)37-21)17-4-2-3-15(10-17)25(29,30)31/h2-11H,12H2,1H3/b21-9+. The van der Waals surface area contributed by atoms with Gasteiger partial charge in [0.05, 0.1) is 27.7 Å². The quantitative estimate of drug-likeness (QED) is 0.197. The average Bonchev–Trinajstić information content (AvgIpc) is 3.11. The van der Waals surface area contributed by atoms with E-state index >= 15 is 0 Å². The summed E-state index contributed by atoms with van der Waals surface area (Å²) in [6.07, 6.45) is -2.96. The number of rotatable bonds is 6. The van der Waals surface area contributed by atoms with E-state index in [0.29, 0.717) is 31.6 Å². The molecule has 0 N–H and O–H groups in total. The predicted molar refractivity (Wildman–Crippen MR) is 149 cm³/mol. The fraction of sp³-hybridized carbons (Fsp3) is 0.120. The van der Waals surface area contributed by atoms with Crippen LogP contribution < -0.4 is 14.4 Å². The lowest BCUT2D eigenvalue weighted by Crippen LogP contribution is -2.27. The summed E-state index contributed by atoms with van der Waals surface area (Å²) < 4.78 is 51.5. The number of thioether (sulfide) groups is 1. The molecule has 37 heavy (non-hydrogen) atoms. The van der Waals surface area contributed by atoms with Gasteiger partial charge in [-0.25, -0.2) is 0 Å². The van der Waals surface area contributed by atoms with Crippen LogP contribution in [0, 0.1) is 0 Å². The summed E-state index contributed by atoms with van der Waals surface area (Å²) in [7, 11) is 1.47. The van der Waals surface area contributed by atoms with Crippen molar-refractivity contribution in [3.63, 3.8) is 0 Å². The molecule has 12 heteroatoms. The van der Waals surface area contributed by atoms with Crippen LogP contribution in [0.25, 0.3) is 6.08 Å². The van der Waals surface area contributed by atoms with Crippen molar-refractivity contribution in [2.24, 2.45) is 0 Å². The van der Waals surface area contributed by atoms with Gasteiger partial charge in [-0.1, -0.05) is 59.3 Å². The van der Waals surface area contributed by atoms with Gasteiger partial charge >= 0.3 is 6.18 Å². The van der Waals surface area contributed by atoms with Crippen molar-refractivity contribution < 1.29 is 27.4 Å². The van der Waals surface area contributed by atoms with Crippen LogP contribution in [0.3, 0.4) is 0 Å². The van der Waals surface area contributed by atoms with Crippen LogP contribution >= 0.6 is 63.1 Å². The number of carbonyl (C=O) groups excluding carboxylic acids is 1. The van der Waals surface area contributed by atoms with Gasteiger partial charge in [0.25, 0.3) is 5.91 Å². The monoisotopic (exact) mass is 647 g/mol. The zero-order chi connectivity index (χ0) is 26.9. The van der Waals surface area contributed by atoms with Crippen LogP contribution in [0.4, 0.5) is 18.9 Å². The maximum absolute atomic E-state index is 13.2. The van der Waals surface area contributed by atoms with Gasteiger partial charge < -0.3 is 9.47 Å². The molecule has 4 rings (SSSR count). The highest BCUT2D eigenvalue weighted by molar-refractivity contribution is 9.10. The van der Waals surface area contributed by atoms with Gasteiger partial charge in [0.15, 0.2) is 15.8 Å². The number of methoxy groups -OCH3 is 1. The van der Waals surface area contributed by atoms with E-state index in [2.05, 4.69) is 15.9 Å². The van der Waals surface area contributed by atoms with Gasteiger partial charge in [-0.05, 0) is 70.0 Å². The first-order valence-corrected chi connectivity index (χ1v) is 13.1. The fourth-order valence-corrected chi connectivity index (χ4v) is 5.75. The third-order valence-corrected chi connectivity index (χ3v) is 7.64. The lowest BCUT2D eigenvalue weighted by Gasteiger charge is -2.16. The van der Waals surface area contributed by atoms with E-state index < -0.39 is 17.6 Å². The van der Waals surface area contributed by atoms with E-state index in [4.69, 9.17) is 44.9 Å². The Balaban J connectivity index is 1.59. The molecule has 0 bridgehead atoms. The second kappa shape index (κ2) is 11.2. The van der Waals surface area contributed by atoms with Gasteiger partial charge in [-0.3, -0.25) is 9.69 Å². The summed E-state index contributed by atoms with van der Waals surface area (Å²) in [5.74, 6) is 0.281. The molecule has 4 nitrogen and oxygen atoms in total. The van der Waals surface area contributed by atoms with E-state index in [-0.39, 0.29) is 21.5 Å². The molecule has 0 atom stereocenters. The lowest BCUT2D eigenvalue weighted by molar-refractivity contribution is -0.137. The predicted octanol–water partition coefficient (Wildman–Crippen LogP) is 8.77. The zero-order valence-corrected chi connectivity index (χ0v) is 23.5. The SMILES string of the molecule is COc1cc(/C=C2/SC(=S)N(c3cccc(C(F)(F)F)c3)C2=O)cc(Br)c1OCc1ccc(Cl)cc1Cl. The Morgan fingerprint density at radius 2 is 1.89 bits per heavy atom.